The maximum absolute atomic E-state index is 10.3. The Morgan fingerprint density at radius 2 is 2.00 bits per heavy atom. The number of hydrogen-bond donors (Lipinski definition) is 2. The van der Waals surface area contributed by atoms with E-state index in [1.165, 1.54) is 0 Å². The van der Waals surface area contributed by atoms with Crippen molar-refractivity contribution in [3.05, 3.63) is 59.7 Å². The lowest BCUT2D eigenvalue weighted by Gasteiger charge is -2.21. The highest BCUT2D eigenvalue weighted by Gasteiger charge is 2.14. The van der Waals surface area contributed by atoms with Gasteiger partial charge in [0.15, 0.2) is 0 Å². The van der Waals surface area contributed by atoms with Crippen molar-refractivity contribution >= 4 is 0 Å². The van der Waals surface area contributed by atoms with Gasteiger partial charge in [-0.3, -0.25) is 0 Å². The predicted octanol–water partition coefficient (Wildman–Crippen LogP) is 3.75. The van der Waals surface area contributed by atoms with Gasteiger partial charge in [-0.2, -0.15) is 0 Å². The molecule has 2 rings (SSSR count). The van der Waals surface area contributed by atoms with Gasteiger partial charge in [0.05, 0.1) is 6.10 Å². The average Bonchev–Trinajstić information content (AvgIpc) is 2.52. The van der Waals surface area contributed by atoms with Crippen molar-refractivity contribution in [2.75, 3.05) is 6.54 Å². The molecule has 2 heteroatoms. The van der Waals surface area contributed by atoms with Crippen LogP contribution in [0.4, 0.5) is 0 Å². The molecule has 0 aliphatic heterocycles. The highest BCUT2D eigenvalue weighted by molar-refractivity contribution is 5.18. The van der Waals surface area contributed by atoms with Gasteiger partial charge in [-0.1, -0.05) is 54.1 Å². The molecule has 0 unspecified atom stereocenters. The normalized spacial score (nSPS) is 17.6. The van der Waals surface area contributed by atoms with Gasteiger partial charge in [0.25, 0.3) is 0 Å². The van der Waals surface area contributed by atoms with Crippen LogP contribution in [0.3, 0.4) is 0 Å². The van der Waals surface area contributed by atoms with Crippen LogP contribution in [0.2, 0.25) is 0 Å². The van der Waals surface area contributed by atoms with Crippen LogP contribution in [-0.4, -0.2) is 17.7 Å². The van der Waals surface area contributed by atoms with E-state index >= 15 is 0 Å². The highest BCUT2D eigenvalue weighted by Crippen LogP contribution is 2.17. The topological polar surface area (TPSA) is 32.3 Å². The van der Waals surface area contributed by atoms with E-state index in [2.05, 4.69) is 23.5 Å². The summed E-state index contributed by atoms with van der Waals surface area (Å²) >= 11 is 0. The van der Waals surface area contributed by atoms with E-state index in [0.29, 0.717) is 0 Å². The molecule has 2 N–H and O–H groups in total. The number of rotatable bonds is 7. The molecule has 20 heavy (non-hydrogen) atoms. The van der Waals surface area contributed by atoms with Gasteiger partial charge in [0, 0.05) is 6.04 Å². The quantitative estimate of drug-likeness (QED) is 0.584. The summed E-state index contributed by atoms with van der Waals surface area (Å²) in [5, 5.41) is 13.7. The van der Waals surface area contributed by atoms with Crippen molar-refractivity contribution in [2.24, 2.45) is 0 Å². The zero-order valence-electron chi connectivity index (χ0n) is 12.3. The number of aliphatic hydroxyl groups excluding tert-OH is 1. The minimum Gasteiger partial charge on any atom is -0.387 e. The monoisotopic (exact) mass is 271 g/mol. The fraction of sp³-hybridized carbons (Fsp3) is 0.444. The van der Waals surface area contributed by atoms with Gasteiger partial charge in [0.1, 0.15) is 0 Å². The van der Waals surface area contributed by atoms with Crippen molar-refractivity contribution in [2.45, 2.75) is 44.8 Å². The third-order valence-electron chi connectivity index (χ3n) is 3.84. The lowest BCUT2D eigenvalue weighted by Crippen LogP contribution is -2.32. The Balaban J connectivity index is 1.67. The Morgan fingerprint density at radius 1 is 1.20 bits per heavy atom. The van der Waals surface area contributed by atoms with Crippen LogP contribution in [-0.2, 0) is 0 Å². The van der Waals surface area contributed by atoms with Crippen molar-refractivity contribution in [1.29, 1.82) is 0 Å². The first kappa shape index (κ1) is 15.0. The minimum atomic E-state index is -0.437. The van der Waals surface area contributed by atoms with Gasteiger partial charge >= 0.3 is 0 Å². The Kier molecular flexibility index (Phi) is 6.03. The molecule has 1 aromatic carbocycles. The molecule has 0 spiro atoms. The summed E-state index contributed by atoms with van der Waals surface area (Å²) in [6.45, 7) is 2.99. The summed E-state index contributed by atoms with van der Waals surface area (Å²) in [7, 11) is 0. The molecule has 2 atom stereocenters. The van der Waals surface area contributed by atoms with Crippen LogP contribution >= 0.6 is 0 Å². The van der Waals surface area contributed by atoms with Crippen molar-refractivity contribution in [3.8, 4) is 0 Å². The van der Waals surface area contributed by atoms with Crippen molar-refractivity contribution in [3.63, 3.8) is 0 Å². The molecule has 0 saturated carbocycles. The number of allylic oxidation sites excluding steroid dienone is 4. The fourth-order valence-corrected chi connectivity index (χ4v) is 2.55. The maximum atomic E-state index is 10.3. The van der Waals surface area contributed by atoms with Gasteiger partial charge in [0.2, 0.25) is 0 Å². The Bertz CT molecular complexity index is 450. The zero-order valence-corrected chi connectivity index (χ0v) is 12.3. The average molecular weight is 271 g/mol. The largest absolute Gasteiger partial charge is 0.387 e. The minimum absolute atomic E-state index is 0.0811. The number of aliphatic hydroxyl groups is 1. The molecule has 0 amide bonds. The molecular weight excluding hydrogens is 246 g/mol. The summed E-state index contributed by atoms with van der Waals surface area (Å²) in [4.78, 5) is 0. The molecular formula is C18H25NO. The molecule has 108 valence electrons. The SMILES string of the molecule is C[C@H](NCCCC1=CCC=CC1)[C@@H](O)c1ccccc1. The lowest BCUT2D eigenvalue weighted by molar-refractivity contribution is 0.136. The smallest absolute Gasteiger partial charge is 0.0940 e. The standard InChI is InChI=1S/C18H25NO/c1-15(18(20)17-12-6-3-7-13-17)19-14-8-11-16-9-4-2-5-10-16/h2-4,6-7,10,12-13,15,18-20H,5,8-9,11,14H2,1H3/t15-,18+/m0/s1. The molecule has 0 fully saturated rings. The molecule has 0 radical (unpaired) electrons. The molecule has 1 aliphatic carbocycles. The van der Waals surface area contributed by atoms with Crippen molar-refractivity contribution < 1.29 is 5.11 Å². The lowest BCUT2D eigenvalue weighted by atomic mass is 10.0. The van der Waals surface area contributed by atoms with Crippen LogP contribution in [0.1, 0.15) is 44.3 Å². The maximum Gasteiger partial charge on any atom is 0.0940 e. The summed E-state index contributed by atoms with van der Waals surface area (Å²) < 4.78 is 0. The van der Waals surface area contributed by atoms with E-state index < -0.39 is 6.10 Å². The number of benzene rings is 1. The van der Waals surface area contributed by atoms with Crippen LogP contribution < -0.4 is 5.32 Å². The molecule has 0 aromatic heterocycles. The second kappa shape index (κ2) is 8.03. The van der Waals surface area contributed by atoms with Gasteiger partial charge in [-0.05, 0) is 44.7 Å². The summed E-state index contributed by atoms with van der Waals surface area (Å²) in [5.74, 6) is 0. The van der Waals surface area contributed by atoms with Crippen LogP contribution in [0.25, 0.3) is 0 Å². The van der Waals surface area contributed by atoms with E-state index in [0.717, 1.165) is 37.8 Å². The van der Waals surface area contributed by atoms with E-state index in [-0.39, 0.29) is 6.04 Å². The molecule has 0 bridgehead atoms. The number of nitrogens with one attached hydrogen (secondary N) is 1. The first-order valence-corrected chi connectivity index (χ1v) is 7.56. The second-order valence-corrected chi connectivity index (χ2v) is 5.48. The van der Waals surface area contributed by atoms with Crippen LogP contribution in [0, 0.1) is 0 Å². The van der Waals surface area contributed by atoms with E-state index in [1.54, 1.807) is 5.57 Å². The van der Waals surface area contributed by atoms with E-state index in [1.807, 2.05) is 37.3 Å². The Hall–Kier alpha value is -1.38. The van der Waals surface area contributed by atoms with E-state index in [9.17, 15) is 5.11 Å². The van der Waals surface area contributed by atoms with Gasteiger partial charge in [-0.25, -0.2) is 0 Å². The summed E-state index contributed by atoms with van der Waals surface area (Å²) in [6.07, 6.45) is 10.9. The van der Waals surface area contributed by atoms with Gasteiger partial charge < -0.3 is 10.4 Å². The molecule has 1 aromatic rings. The van der Waals surface area contributed by atoms with E-state index in [4.69, 9.17) is 0 Å². The zero-order chi connectivity index (χ0) is 14.2. The third kappa shape index (κ3) is 4.62. The fourth-order valence-electron chi connectivity index (χ4n) is 2.55. The Labute approximate surface area is 122 Å². The summed E-state index contributed by atoms with van der Waals surface area (Å²) in [5.41, 5.74) is 2.53. The molecule has 0 saturated heterocycles. The van der Waals surface area contributed by atoms with Crippen LogP contribution in [0.15, 0.2) is 54.1 Å². The Morgan fingerprint density at radius 3 is 2.70 bits per heavy atom. The number of hydrogen-bond acceptors (Lipinski definition) is 2. The second-order valence-electron chi connectivity index (χ2n) is 5.48. The molecule has 2 nitrogen and oxygen atoms in total. The van der Waals surface area contributed by atoms with Crippen molar-refractivity contribution in [1.82, 2.24) is 5.32 Å². The predicted molar refractivity (Wildman–Crippen MR) is 84.6 cm³/mol. The van der Waals surface area contributed by atoms with Crippen LogP contribution in [0.5, 0.6) is 0 Å². The van der Waals surface area contributed by atoms with Gasteiger partial charge in [-0.15, -0.1) is 0 Å². The molecule has 1 aliphatic rings. The third-order valence-corrected chi connectivity index (χ3v) is 3.84. The first-order valence-electron chi connectivity index (χ1n) is 7.56. The first-order chi connectivity index (χ1) is 9.77. The molecule has 0 heterocycles. The summed E-state index contributed by atoms with van der Waals surface area (Å²) in [6, 6.07) is 9.94. The highest BCUT2D eigenvalue weighted by atomic mass is 16.3.